The zero-order chi connectivity index (χ0) is 18.9. The Morgan fingerprint density at radius 3 is 2.12 bits per heavy atom. The van der Waals surface area contributed by atoms with Gasteiger partial charge in [-0.1, -0.05) is 48.0 Å². The summed E-state index contributed by atoms with van der Waals surface area (Å²) in [4.78, 5) is 4.47. The summed E-state index contributed by atoms with van der Waals surface area (Å²) in [5, 5.41) is 10.6. The number of benzene rings is 3. The van der Waals surface area contributed by atoms with Crippen LogP contribution in [0.15, 0.2) is 71.7 Å². The summed E-state index contributed by atoms with van der Waals surface area (Å²) < 4.78 is 0. The summed E-state index contributed by atoms with van der Waals surface area (Å²) in [5.74, 6) is 0.262. The van der Waals surface area contributed by atoms with Crippen LogP contribution < -0.4 is 0 Å². The molecule has 0 saturated carbocycles. The molecule has 3 aromatic rings. The molecule has 26 heavy (non-hydrogen) atoms. The molecule has 0 saturated heterocycles. The molecule has 0 radical (unpaired) electrons. The third-order valence-corrected chi connectivity index (χ3v) is 3.76. The molecular weight excluding hydrogens is 401 g/mol. The first-order valence-corrected chi connectivity index (χ1v) is 12.3. The SMILES string of the molecule is Cc1ccc(N=Cc2cc(C)cc(-c3ccccc3)c2O)cc1.[Cl][Ti][Cl]. The fraction of sp³-hybridized carbons (Fsp3) is 0.0952. The Labute approximate surface area is 171 Å². The zero-order valence-corrected chi connectivity index (χ0v) is 17.7. The molecule has 0 spiro atoms. The average molecular weight is 420 g/mol. The van der Waals surface area contributed by atoms with E-state index >= 15 is 0 Å². The Bertz CT molecular complexity index is 865. The number of nitrogens with zero attached hydrogens (tertiary/aromatic N) is 1. The van der Waals surface area contributed by atoms with E-state index in [1.807, 2.05) is 80.6 Å². The van der Waals surface area contributed by atoms with Crippen LogP contribution in [0.4, 0.5) is 5.69 Å². The number of aryl methyl sites for hydroxylation is 2. The van der Waals surface area contributed by atoms with Crippen molar-refractivity contribution in [2.75, 3.05) is 0 Å². The number of halogens is 2. The molecule has 0 unspecified atom stereocenters. The number of hydrogen-bond donors (Lipinski definition) is 1. The molecule has 1 N–H and O–H groups in total. The Morgan fingerprint density at radius 1 is 0.885 bits per heavy atom. The van der Waals surface area contributed by atoms with E-state index in [4.69, 9.17) is 18.6 Å². The van der Waals surface area contributed by atoms with Gasteiger partial charge in [0.15, 0.2) is 0 Å². The van der Waals surface area contributed by atoms with E-state index in [1.165, 1.54) is 5.56 Å². The molecule has 132 valence electrons. The second-order valence-corrected chi connectivity index (χ2v) is 8.36. The van der Waals surface area contributed by atoms with Crippen molar-refractivity contribution in [3.05, 3.63) is 83.4 Å². The fourth-order valence-corrected chi connectivity index (χ4v) is 2.52. The van der Waals surface area contributed by atoms with Crippen LogP contribution in [-0.4, -0.2) is 11.3 Å². The van der Waals surface area contributed by atoms with Crippen LogP contribution in [0, 0.1) is 13.8 Å². The number of rotatable bonds is 3. The van der Waals surface area contributed by atoms with Crippen LogP contribution in [0.3, 0.4) is 0 Å². The van der Waals surface area contributed by atoms with Crippen molar-refractivity contribution < 1.29 is 22.1 Å². The molecule has 0 heterocycles. The molecule has 5 heteroatoms. The van der Waals surface area contributed by atoms with Crippen molar-refractivity contribution in [3.63, 3.8) is 0 Å². The maximum absolute atomic E-state index is 10.6. The van der Waals surface area contributed by atoms with Crippen molar-refractivity contribution in [1.29, 1.82) is 0 Å². The van der Waals surface area contributed by atoms with Gasteiger partial charge in [0.2, 0.25) is 0 Å². The summed E-state index contributed by atoms with van der Waals surface area (Å²) >= 11 is -0.556. The third-order valence-electron chi connectivity index (χ3n) is 3.76. The monoisotopic (exact) mass is 419 g/mol. The Morgan fingerprint density at radius 2 is 1.50 bits per heavy atom. The molecule has 3 aromatic carbocycles. The second-order valence-electron chi connectivity index (χ2n) is 5.78. The van der Waals surface area contributed by atoms with Crippen molar-refractivity contribution in [2.45, 2.75) is 13.8 Å². The van der Waals surface area contributed by atoms with Crippen LogP contribution >= 0.6 is 18.6 Å². The van der Waals surface area contributed by atoms with Gasteiger partial charge in [-0.2, -0.15) is 0 Å². The van der Waals surface area contributed by atoms with E-state index in [0.717, 1.165) is 27.9 Å². The van der Waals surface area contributed by atoms with Crippen LogP contribution in [0.25, 0.3) is 11.1 Å². The predicted octanol–water partition coefficient (Wildman–Crippen LogP) is 6.80. The summed E-state index contributed by atoms with van der Waals surface area (Å²) in [6.07, 6.45) is 1.72. The van der Waals surface area contributed by atoms with Gasteiger partial charge in [0, 0.05) is 17.3 Å². The van der Waals surface area contributed by atoms with E-state index in [0.29, 0.717) is 0 Å². The molecule has 0 amide bonds. The molecule has 0 fully saturated rings. The van der Waals surface area contributed by atoms with E-state index in [1.54, 1.807) is 6.21 Å². The van der Waals surface area contributed by atoms with Gasteiger partial charge in [-0.25, -0.2) is 0 Å². The van der Waals surface area contributed by atoms with Gasteiger partial charge in [0.1, 0.15) is 5.75 Å². The Kier molecular flexibility index (Phi) is 8.41. The van der Waals surface area contributed by atoms with E-state index in [9.17, 15) is 5.11 Å². The van der Waals surface area contributed by atoms with Gasteiger partial charge < -0.3 is 5.11 Å². The first kappa shape index (κ1) is 20.7. The zero-order valence-electron chi connectivity index (χ0n) is 14.6. The summed E-state index contributed by atoms with van der Waals surface area (Å²) in [7, 11) is 9.78. The first-order valence-electron chi connectivity index (χ1n) is 8.01. The third kappa shape index (κ3) is 6.00. The minimum atomic E-state index is -0.556. The number of aliphatic imine (C=N–C) groups is 1. The quantitative estimate of drug-likeness (QED) is 0.367. The average Bonchev–Trinajstić information content (AvgIpc) is 2.65. The molecule has 0 aliphatic rings. The van der Waals surface area contributed by atoms with Crippen molar-refractivity contribution in [1.82, 2.24) is 0 Å². The second kappa shape index (κ2) is 10.5. The van der Waals surface area contributed by atoms with Gasteiger partial charge in [0.05, 0.1) is 5.69 Å². The molecule has 0 atom stereocenters. The van der Waals surface area contributed by atoms with E-state index in [-0.39, 0.29) is 5.75 Å². The van der Waals surface area contributed by atoms with Gasteiger partial charge in [-0.15, -0.1) is 0 Å². The normalized spacial score (nSPS) is 10.3. The van der Waals surface area contributed by atoms with Gasteiger partial charge in [0.25, 0.3) is 0 Å². The first-order chi connectivity index (χ1) is 12.5. The van der Waals surface area contributed by atoms with Gasteiger partial charge in [-0.05, 0) is 49.2 Å². The van der Waals surface area contributed by atoms with Crippen molar-refractivity contribution >= 4 is 30.5 Å². The Hall–Kier alpha value is -1.58. The molecule has 0 aliphatic carbocycles. The fourth-order valence-electron chi connectivity index (χ4n) is 2.52. The van der Waals surface area contributed by atoms with Crippen LogP contribution in [0.2, 0.25) is 0 Å². The number of phenols is 1. The number of phenolic OH excluding ortho intramolecular Hbond substituents is 1. The number of aromatic hydroxyl groups is 1. The summed E-state index contributed by atoms with van der Waals surface area (Å²) in [6.45, 7) is 4.07. The van der Waals surface area contributed by atoms with Crippen molar-refractivity contribution in [2.24, 2.45) is 4.99 Å². The van der Waals surface area contributed by atoms with E-state index in [2.05, 4.69) is 4.99 Å². The number of hydrogen-bond acceptors (Lipinski definition) is 2. The van der Waals surface area contributed by atoms with Crippen LogP contribution in [0.5, 0.6) is 5.75 Å². The van der Waals surface area contributed by atoms with Gasteiger partial charge >= 0.3 is 35.6 Å². The topological polar surface area (TPSA) is 32.6 Å². The van der Waals surface area contributed by atoms with E-state index < -0.39 is 17.0 Å². The minimum absolute atomic E-state index is 0.262. The molecule has 0 aromatic heterocycles. The molecule has 0 bridgehead atoms. The molecule has 0 aliphatic heterocycles. The predicted molar refractivity (Wildman–Crippen MR) is 108 cm³/mol. The van der Waals surface area contributed by atoms with Crippen LogP contribution in [0.1, 0.15) is 16.7 Å². The van der Waals surface area contributed by atoms with Crippen molar-refractivity contribution in [3.8, 4) is 16.9 Å². The maximum atomic E-state index is 10.6. The Balaban J connectivity index is 0.000000758. The molecule has 3 rings (SSSR count). The molecule has 2 nitrogen and oxygen atoms in total. The molecular formula is C21H19Cl2NOTi. The summed E-state index contributed by atoms with van der Waals surface area (Å²) in [6, 6.07) is 21.8. The van der Waals surface area contributed by atoms with Gasteiger partial charge in [-0.3, -0.25) is 4.99 Å². The van der Waals surface area contributed by atoms with Crippen LogP contribution in [-0.2, 0) is 17.0 Å². The summed E-state index contributed by atoms with van der Waals surface area (Å²) in [5.41, 5.74) is 5.72. The standard InChI is InChI=1S/C21H19NO.2ClH.Ti/c1-15-8-10-19(11-9-15)22-14-18-12-16(2)13-20(21(18)23)17-6-4-3-5-7-17;;;/h3-14,23H,1-2H3;2*1H;/q;;;+2/p-2.